The molecule has 0 aliphatic carbocycles. The first-order valence-corrected chi connectivity index (χ1v) is 3.67. The minimum Gasteiger partial charge on any atom is -0.468 e. The van der Waals surface area contributed by atoms with Gasteiger partial charge in [0, 0.05) is 12.5 Å². The summed E-state index contributed by atoms with van der Waals surface area (Å²) in [7, 11) is 1.35. The van der Waals surface area contributed by atoms with Crippen LogP contribution in [0.4, 0.5) is 0 Å². The lowest BCUT2D eigenvalue weighted by molar-refractivity contribution is -0.143. The lowest BCUT2D eigenvalue weighted by atomic mass is 10.0. The highest BCUT2D eigenvalue weighted by Crippen LogP contribution is 2.15. The van der Waals surface area contributed by atoms with Crippen LogP contribution in [0.1, 0.15) is 6.42 Å². The molecule has 1 heterocycles. The van der Waals surface area contributed by atoms with E-state index in [1.807, 2.05) is 0 Å². The van der Waals surface area contributed by atoms with E-state index >= 15 is 0 Å². The lowest BCUT2D eigenvalue weighted by Crippen LogP contribution is -2.39. The Morgan fingerprint density at radius 1 is 1.82 bits per heavy atom. The van der Waals surface area contributed by atoms with Gasteiger partial charge in [0.1, 0.15) is 6.04 Å². The van der Waals surface area contributed by atoms with Crippen molar-refractivity contribution < 1.29 is 14.3 Å². The molecule has 1 rings (SSSR count). The summed E-state index contributed by atoms with van der Waals surface area (Å²) in [4.78, 5) is 10.9. The molecule has 0 radical (unpaired) electrons. The number of methoxy groups -OCH3 is 1. The average Bonchev–Trinajstić information content (AvgIpc) is 2.53. The Hall–Kier alpha value is -0.610. The molecule has 0 aromatic carbocycles. The zero-order chi connectivity index (χ0) is 8.27. The molecule has 64 valence electrons. The van der Waals surface area contributed by atoms with E-state index in [-0.39, 0.29) is 11.9 Å². The molecule has 4 heteroatoms. The molecule has 2 atom stereocenters. The number of nitrogens with two attached hydrogens (primary N) is 1. The normalized spacial score (nSPS) is 26.5. The largest absolute Gasteiger partial charge is 0.468 e. The van der Waals surface area contributed by atoms with Crippen LogP contribution in [0.2, 0.25) is 0 Å². The second-order valence-electron chi connectivity index (χ2n) is 2.67. The maximum atomic E-state index is 10.9. The zero-order valence-electron chi connectivity index (χ0n) is 6.58. The van der Waals surface area contributed by atoms with Crippen molar-refractivity contribution in [2.24, 2.45) is 11.7 Å². The summed E-state index contributed by atoms with van der Waals surface area (Å²) in [5.74, 6) is -0.206. The Morgan fingerprint density at radius 3 is 3.00 bits per heavy atom. The fourth-order valence-corrected chi connectivity index (χ4v) is 1.16. The molecule has 1 aliphatic rings. The van der Waals surface area contributed by atoms with Gasteiger partial charge in [-0.05, 0) is 6.42 Å². The van der Waals surface area contributed by atoms with Gasteiger partial charge in [-0.25, -0.2) is 0 Å². The van der Waals surface area contributed by atoms with Crippen LogP contribution in [-0.2, 0) is 14.3 Å². The number of hydrogen-bond acceptors (Lipinski definition) is 4. The van der Waals surface area contributed by atoms with E-state index in [1.165, 1.54) is 7.11 Å². The van der Waals surface area contributed by atoms with E-state index < -0.39 is 6.04 Å². The second-order valence-corrected chi connectivity index (χ2v) is 2.67. The standard InChI is InChI=1S/C7H13NO3/c1-10-7(9)6(8)5-2-3-11-4-5/h5-6H,2-4,8H2,1H3/t5?,6-/m0/s1. The maximum absolute atomic E-state index is 10.9. The summed E-state index contributed by atoms with van der Waals surface area (Å²) in [5.41, 5.74) is 5.58. The van der Waals surface area contributed by atoms with Gasteiger partial charge in [0.2, 0.25) is 0 Å². The van der Waals surface area contributed by atoms with Crippen molar-refractivity contribution in [2.45, 2.75) is 12.5 Å². The fourth-order valence-electron chi connectivity index (χ4n) is 1.16. The highest BCUT2D eigenvalue weighted by Gasteiger charge is 2.28. The second kappa shape index (κ2) is 3.69. The minimum absolute atomic E-state index is 0.141. The SMILES string of the molecule is COC(=O)[C@@H](N)C1CCOC1. The monoisotopic (exact) mass is 159 g/mol. The molecular weight excluding hydrogens is 146 g/mol. The maximum Gasteiger partial charge on any atom is 0.323 e. The molecule has 2 N–H and O–H groups in total. The molecule has 0 bridgehead atoms. The summed E-state index contributed by atoms with van der Waals surface area (Å²) in [6, 6.07) is -0.512. The van der Waals surface area contributed by atoms with Crippen LogP contribution in [0.15, 0.2) is 0 Å². The molecule has 0 saturated carbocycles. The van der Waals surface area contributed by atoms with E-state index in [9.17, 15) is 4.79 Å². The van der Waals surface area contributed by atoms with Gasteiger partial charge in [0.15, 0.2) is 0 Å². The van der Waals surface area contributed by atoms with Crippen molar-refractivity contribution in [1.29, 1.82) is 0 Å². The number of carbonyl (C=O) groups excluding carboxylic acids is 1. The molecule has 4 nitrogen and oxygen atoms in total. The molecular formula is C7H13NO3. The zero-order valence-corrected chi connectivity index (χ0v) is 6.58. The third-order valence-electron chi connectivity index (χ3n) is 1.95. The van der Waals surface area contributed by atoms with Gasteiger partial charge in [-0.2, -0.15) is 0 Å². The van der Waals surface area contributed by atoms with Gasteiger partial charge >= 0.3 is 5.97 Å². The molecule has 1 aliphatic heterocycles. The molecule has 11 heavy (non-hydrogen) atoms. The smallest absolute Gasteiger partial charge is 0.323 e. The Kier molecular flexibility index (Phi) is 2.84. The van der Waals surface area contributed by atoms with Crippen molar-refractivity contribution in [1.82, 2.24) is 0 Å². The van der Waals surface area contributed by atoms with E-state index in [0.29, 0.717) is 13.2 Å². The molecule has 0 spiro atoms. The molecule has 1 unspecified atom stereocenters. The van der Waals surface area contributed by atoms with Gasteiger partial charge in [0.25, 0.3) is 0 Å². The minimum atomic E-state index is -0.512. The highest BCUT2D eigenvalue weighted by atomic mass is 16.5. The van der Waals surface area contributed by atoms with Crippen LogP contribution in [0.5, 0.6) is 0 Å². The fraction of sp³-hybridized carbons (Fsp3) is 0.857. The number of rotatable bonds is 2. The lowest BCUT2D eigenvalue weighted by Gasteiger charge is -2.13. The first-order valence-electron chi connectivity index (χ1n) is 3.67. The molecule has 1 fully saturated rings. The molecule has 0 aromatic rings. The van der Waals surface area contributed by atoms with E-state index in [4.69, 9.17) is 10.5 Å². The third-order valence-corrected chi connectivity index (χ3v) is 1.95. The Bertz CT molecular complexity index is 143. The number of esters is 1. The van der Waals surface area contributed by atoms with Crippen LogP contribution in [-0.4, -0.2) is 32.3 Å². The quantitative estimate of drug-likeness (QED) is 0.553. The summed E-state index contributed by atoms with van der Waals surface area (Å²) in [6.45, 7) is 1.28. The highest BCUT2D eigenvalue weighted by molar-refractivity contribution is 5.75. The summed E-state index contributed by atoms with van der Waals surface area (Å²) in [6.07, 6.45) is 0.857. The van der Waals surface area contributed by atoms with Crippen molar-refractivity contribution >= 4 is 5.97 Å². The predicted molar refractivity (Wildman–Crippen MR) is 38.9 cm³/mol. The first-order chi connectivity index (χ1) is 5.25. The van der Waals surface area contributed by atoms with E-state index in [0.717, 1.165) is 6.42 Å². The Balaban J connectivity index is 2.39. The van der Waals surface area contributed by atoms with E-state index in [2.05, 4.69) is 4.74 Å². The van der Waals surface area contributed by atoms with E-state index in [1.54, 1.807) is 0 Å². The van der Waals surface area contributed by atoms with Crippen LogP contribution in [0.3, 0.4) is 0 Å². The van der Waals surface area contributed by atoms with Gasteiger partial charge < -0.3 is 15.2 Å². The van der Waals surface area contributed by atoms with Gasteiger partial charge in [-0.15, -0.1) is 0 Å². The molecule has 0 aromatic heterocycles. The average molecular weight is 159 g/mol. The molecule has 0 amide bonds. The van der Waals surface area contributed by atoms with Crippen molar-refractivity contribution in [3.05, 3.63) is 0 Å². The topological polar surface area (TPSA) is 61.5 Å². The van der Waals surface area contributed by atoms with Crippen molar-refractivity contribution in [2.75, 3.05) is 20.3 Å². The van der Waals surface area contributed by atoms with Crippen LogP contribution < -0.4 is 5.73 Å². The first kappa shape index (κ1) is 8.49. The number of carbonyl (C=O) groups is 1. The Morgan fingerprint density at radius 2 is 2.55 bits per heavy atom. The summed E-state index contributed by atoms with van der Waals surface area (Å²) in [5, 5.41) is 0. The van der Waals surface area contributed by atoms with Crippen molar-refractivity contribution in [3.63, 3.8) is 0 Å². The number of hydrogen-bond donors (Lipinski definition) is 1. The summed E-state index contributed by atoms with van der Waals surface area (Å²) < 4.78 is 9.59. The van der Waals surface area contributed by atoms with Crippen LogP contribution in [0.25, 0.3) is 0 Å². The van der Waals surface area contributed by atoms with Crippen molar-refractivity contribution in [3.8, 4) is 0 Å². The Labute approximate surface area is 65.7 Å². The summed E-state index contributed by atoms with van der Waals surface area (Å²) >= 11 is 0. The third kappa shape index (κ3) is 1.91. The van der Waals surface area contributed by atoms with Gasteiger partial charge in [-0.3, -0.25) is 4.79 Å². The van der Waals surface area contributed by atoms with Crippen LogP contribution in [0, 0.1) is 5.92 Å². The van der Waals surface area contributed by atoms with Gasteiger partial charge in [0.05, 0.1) is 13.7 Å². The predicted octanol–water partition coefficient (Wildman–Crippen LogP) is -0.477. The molecule has 1 saturated heterocycles. The number of ether oxygens (including phenoxy) is 2. The van der Waals surface area contributed by atoms with Crippen LogP contribution >= 0.6 is 0 Å². The van der Waals surface area contributed by atoms with Gasteiger partial charge in [-0.1, -0.05) is 0 Å².